The number of fused-ring (bicyclic) bond motifs is 4. The Morgan fingerprint density at radius 2 is 0.769 bits per heavy atom. The molecular weight excluding hydrogens is 1670 g/mol. The monoisotopic (exact) mass is 1750 g/mol. The smallest absolute Gasteiger partial charge is 0.270 e. The first-order valence-corrected chi connectivity index (χ1v) is 43.6. The van der Waals surface area contributed by atoms with E-state index in [1.807, 2.05) is 76.2 Å². The molecular formula is C81H79Cl3N24O10S3. The van der Waals surface area contributed by atoms with E-state index in [-0.39, 0.29) is 39.0 Å². The molecule has 14 aromatic rings. The van der Waals surface area contributed by atoms with E-state index in [1.165, 1.54) is 61.4 Å². The normalized spacial score (nSPS) is 13.1. The van der Waals surface area contributed by atoms with Crippen LogP contribution in [-0.2, 0) is 30.1 Å². The lowest BCUT2D eigenvalue weighted by molar-refractivity contribution is -0.385. The topological polar surface area (TPSA) is 488 Å². The molecule has 0 radical (unpaired) electrons. The van der Waals surface area contributed by atoms with Crippen LogP contribution in [0.5, 0.6) is 0 Å². The van der Waals surface area contributed by atoms with Gasteiger partial charge in [-0.3, -0.25) is 25.0 Å². The number of nitrogens with two attached hydrogens (primary N) is 3. The maximum absolute atomic E-state index is 12.6. The summed E-state index contributed by atoms with van der Waals surface area (Å²) in [5.74, 6) is 0.778. The van der Waals surface area contributed by atoms with Crippen molar-refractivity contribution in [2.75, 3.05) is 91.2 Å². The van der Waals surface area contributed by atoms with Crippen molar-refractivity contribution in [2.45, 2.75) is 63.2 Å². The molecule has 121 heavy (non-hydrogen) atoms. The SMILES string of the molecule is Cc1cc(-c2cc(N)ccc2Cl)cc2nnc(Nc3ccc(S(=O)(=O)NCCN4CCCC4)cc3)nc12.Cc1cc(-c2cc([N+](=O)[O-])ccc2Cl)cc2nnc(N)nc12.Cc1cc(-c2cc([N+](=O)[O-])ccc2Cl)cc2nnc(Nc3ccc(S(=O)(=O)NCCN4CCCC4)cc3)nc12.Cc1cc(-c2cccc(NS(C)(=O)=O)c2)cc2nnc(N)nc12. The van der Waals surface area contributed by atoms with Crippen LogP contribution in [-0.4, -0.2) is 164 Å². The highest BCUT2D eigenvalue weighted by atomic mass is 35.5. The minimum Gasteiger partial charge on any atom is -0.399 e. The molecule has 0 aliphatic carbocycles. The summed E-state index contributed by atoms with van der Waals surface area (Å²) in [4.78, 5) is 43.6. The van der Waals surface area contributed by atoms with Crippen molar-refractivity contribution in [1.29, 1.82) is 0 Å². The first-order valence-electron chi connectivity index (χ1n) is 37.6. The summed E-state index contributed by atoms with van der Waals surface area (Å²) in [7, 11) is -10.5. The molecule has 0 amide bonds. The summed E-state index contributed by atoms with van der Waals surface area (Å²) >= 11 is 18.9. The van der Waals surface area contributed by atoms with Crippen LogP contribution in [0.3, 0.4) is 0 Å². The van der Waals surface area contributed by atoms with Crippen LogP contribution >= 0.6 is 34.8 Å². The van der Waals surface area contributed by atoms with Gasteiger partial charge in [-0.05, 0) is 269 Å². The Balaban J connectivity index is 0.000000143. The van der Waals surface area contributed by atoms with Crippen molar-refractivity contribution in [2.24, 2.45) is 0 Å². The summed E-state index contributed by atoms with van der Waals surface area (Å²) in [5.41, 5.74) is 33.6. The zero-order valence-corrected chi connectivity index (χ0v) is 70.3. The second-order valence-electron chi connectivity index (χ2n) is 28.5. The Labute approximate surface area is 709 Å². The molecule has 2 saturated heterocycles. The number of non-ortho nitro benzene ring substituents is 2. The van der Waals surface area contributed by atoms with Crippen LogP contribution in [0, 0.1) is 47.9 Å². The lowest BCUT2D eigenvalue weighted by atomic mass is 10.0. The maximum Gasteiger partial charge on any atom is 0.270 e. The molecule has 0 atom stereocenters. The Morgan fingerprint density at radius 1 is 0.405 bits per heavy atom. The fourth-order valence-electron chi connectivity index (χ4n) is 13.6. The average molecular weight is 1750 g/mol. The van der Waals surface area contributed by atoms with Gasteiger partial charge in [0.25, 0.3) is 11.4 Å². The van der Waals surface area contributed by atoms with Gasteiger partial charge in [-0.2, -0.15) is 0 Å². The summed E-state index contributed by atoms with van der Waals surface area (Å²) in [6.45, 7) is 13.8. The van der Waals surface area contributed by atoms with E-state index in [0.717, 1.165) is 96.3 Å². The van der Waals surface area contributed by atoms with E-state index >= 15 is 0 Å². The van der Waals surface area contributed by atoms with E-state index in [0.29, 0.717) is 130 Å². The molecule has 2 aliphatic heterocycles. The molecule has 2 fully saturated rings. The predicted octanol–water partition coefficient (Wildman–Crippen LogP) is 14.1. The van der Waals surface area contributed by atoms with Crippen molar-refractivity contribution in [3.05, 3.63) is 233 Å². The largest absolute Gasteiger partial charge is 0.399 e. The number of nitrogen functional groups attached to an aromatic ring is 3. The molecule has 4 aromatic heterocycles. The van der Waals surface area contributed by atoms with Gasteiger partial charge in [0.15, 0.2) is 0 Å². The maximum atomic E-state index is 12.6. The zero-order chi connectivity index (χ0) is 86.0. The molecule has 0 bridgehead atoms. The molecule has 0 saturated carbocycles. The Kier molecular flexibility index (Phi) is 26.7. The van der Waals surface area contributed by atoms with Crippen LogP contribution in [0.4, 0.5) is 57.9 Å². The van der Waals surface area contributed by atoms with Crippen molar-refractivity contribution < 1.29 is 35.1 Å². The van der Waals surface area contributed by atoms with Crippen LogP contribution in [0.1, 0.15) is 47.9 Å². The third kappa shape index (κ3) is 21.9. The Hall–Kier alpha value is -12.6. The number of nitrogens with one attached hydrogen (secondary N) is 5. The summed E-state index contributed by atoms with van der Waals surface area (Å²) in [6.07, 6.45) is 5.79. The van der Waals surface area contributed by atoms with Gasteiger partial charge >= 0.3 is 0 Å². The summed E-state index contributed by atoms with van der Waals surface area (Å²) in [6, 6.07) is 48.7. The van der Waals surface area contributed by atoms with Gasteiger partial charge in [-0.15, -0.1) is 40.8 Å². The third-order valence-corrected chi connectivity index (χ3v) is 24.0. The van der Waals surface area contributed by atoms with Crippen LogP contribution in [0.25, 0.3) is 88.6 Å². The fourth-order valence-corrected chi connectivity index (χ4v) is 16.9. The minimum atomic E-state index is -3.61. The second-order valence-corrected chi connectivity index (χ2v) is 35.0. The predicted molar refractivity (Wildman–Crippen MR) is 471 cm³/mol. The Bertz CT molecular complexity index is 6670. The molecule has 622 valence electrons. The van der Waals surface area contributed by atoms with Gasteiger partial charge in [0, 0.05) is 105 Å². The number of aryl methyl sites for hydroxylation is 4. The molecule has 10 aromatic carbocycles. The van der Waals surface area contributed by atoms with E-state index in [2.05, 4.69) is 95.3 Å². The first-order chi connectivity index (χ1) is 57.7. The molecule has 0 spiro atoms. The number of anilines is 8. The van der Waals surface area contributed by atoms with Crippen molar-refractivity contribution in [1.82, 2.24) is 80.0 Å². The van der Waals surface area contributed by atoms with Crippen LogP contribution in [0.2, 0.25) is 15.1 Å². The van der Waals surface area contributed by atoms with E-state index < -0.39 is 39.9 Å². The number of nitro benzene ring substituents is 2. The van der Waals surface area contributed by atoms with E-state index in [4.69, 9.17) is 52.0 Å². The number of benzene rings is 10. The highest BCUT2D eigenvalue weighted by Gasteiger charge is 2.22. The molecule has 11 N–H and O–H groups in total. The number of hydrogen-bond donors (Lipinski definition) is 8. The van der Waals surface area contributed by atoms with E-state index in [1.54, 1.807) is 78.9 Å². The number of sulfonamides is 3. The number of nitrogens with zero attached hydrogens (tertiary/aromatic N) is 16. The van der Waals surface area contributed by atoms with Crippen LogP contribution in [0.15, 0.2) is 186 Å². The van der Waals surface area contributed by atoms with Gasteiger partial charge in [-0.25, -0.2) is 54.6 Å². The van der Waals surface area contributed by atoms with Gasteiger partial charge in [0.2, 0.25) is 53.9 Å². The quantitative estimate of drug-likeness (QED) is 0.0177. The van der Waals surface area contributed by atoms with Gasteiger partial charge in [0.05, 0.1) is 48.0 Å². The lowest BCUT2D eigenvalue weighted by Crippen LogP contribution is -2.33. The average Bonchev–Trinajstić information content (AvgIpc) is 0.910. The minimum absolute atomic E-state index is 0.0290. The van der Waals surface area contributed by atoms with Gasteiger partial charge < -0.3 is 37.6 Å². The number of likely N-dealkylation sites (tertiary alicyclic amines) is 2. The van der Waals surface area contributed by atoms with E-state index in [9.17, 15) is 45.5 Å². The fraction of sp³-hybridized carbons (Fsp3) is 0.210. The molecule has 16 rings (SSSR count). The standard InChI is InChI=1S/C26H26ClN7O4S.C26H28ClN7O2S.C15H15N5O2S.C14H10ClN5O2/c1-17-14-18(22-16-20(34(35)36)6-9-23(22)27)15-24-25(17)30-26(32-31-24)29-19-4-7-21(8-5-19)39(37,38)28-10-13-33-11-2-3-12-33;1-17-14-18(22-16-19(28)4-9-23(22)27)15-24-25(17)31-26(33-32-24)30-20-5-7-21(8-6-20)37(35,36)29-10-13-34-11-2-3-12-34;1-9-6-11(8-13-14(9)17-15(16)19-18-13)10-4-3-5-12(7-10)20-23(2,21)22;1-7-4-8(5-12-13(7)17-14(16)19-18-12)10-6-9(20(21)22)2-3-11(10)15/h4-9,14-16,28H,2-3,10-13H2,1H3,(H,29,30,32);4-9,14-16,29H,2-3,10-13,28H2,1H3,(H,30,31,33);3-8,20H,1-2H3,(H2,16,17,19);2-6H,1H3,(H2,16,17,19). The lowest BCUT2D eigenvalue weighted by Gasteiger charge is -2.15. The highest BCUT2D eigenvalue weighted by Crippen LogP contribution is 2.38. The second kappa shape index (κ2) is 37.4. The summed E-state index contributed by atoms with van der Waals surface area (Å²) in [5, 5.41) is 62.2. The molecule has 2 aliphatic rings. The summed E-state index contributed by atoms with van der Waals surface area (Å²) < 4.78 is 81.1. The highest BCUT2D eigenvalue weighted by molar-refractivity contribution is 7.92. The number of hydrogen-bond acceptors (Lipinski definition) is 29. The first kappa shape index (κ1) is 86.3. The number of nitro groups is 2. The van der Waals surface area contributed by atoms with Crippen molar-refractivity contribution >= 4 is 167 Å². The van der Waals surface area contributed by atoms with Crippen molar-refractivity contribution in [3.63, 3.8) is 0 Å². The molecule has 34 nitrogen and oxygen atoms in total. The number of aromatic nitrogens is 12. The molecule has 40 heteroatoms. The molecule has 0 unspecified atom stereocenters. The Morgan fingerprint density at radius 3 is 1.17 bits per heavy atom. The number of rotatable bonds is 22. The number of halogens is 3. The zero-order valence-electron chi connectivity index (χ0n) is 65.6. The van der Waals surface area contributed by atoms with Gasteiger partial charge in [0.1, 0.15) is 22.1 Å². The molecule has 6 heterocycles. The van der Waals surface area contributed by atoms with Crippen molar-refractivity contribution in [3.8, 4) is 44.5 Å². The third-order valence-electron chi connectivity index (χ3n) is 19.5. The van der Waals surface area contributed by atoms with Crippen LogP contribution < -0.4 is 42.0 Å². The van der Waals surface area contributed by atoms with Gasteiger partial charge in [-0.1, -0.05) is 46.9 Å².